The van der Waals surface area contributed by atoms with E-state index < -0.39 is 74.0 Å². The fourth-order valence-electron chi connectivity index (χ4n) is 4.96. The molecular formula is C31H56N4O10SSi2. The predicted octanol–water partition coefficient (Wildman–Crippen LogP) is 3.05. The molecule has 4 N–H and O–H groups in total. The van der Waals surface area contributed by atoms with Gasteiger partial charge in [-0.2, -0.15) is 8.42 Å². The number of hydrogen-bond acceptors (Lipinski definition) is 12. The lowest BCUT2D eigenvalue weighted by atomic mass is 9.89. The first-order valence-corrected chi connectivity index (χ1v) is 23.5. The van der Waals surface area contributed by atoms with Crippen LogP contribution in [-0.4, -0.2) is 77.2 Å². The highest BCUT2D eigenvalue weighted by Crippen LogP contribution is 2.52. The molecule has 0 aromatic carbocycles. The number of esters is 1. The van der Waals surface area contributed by atoms with E-state index in [2.05, 4.69) is 20.8 Å². The number of ether oxygens (including phenoxy) is 2. The Hall–Kier alpha value is -2.13. The standard InChI is InChI=1S/C31H56N4O10SSi2/c1-19(2)23(33)27(37)41-15-14-34-25(36)20(3)16-35(28(34)38)26-24(44-48(12,13)30(7,8)9)31(21(32)18-46(39,40)45-31)22(43-26)17-42-47(10,11)29(4,5)6/h16,18-19,22-24,26H,14-15,17,32-33H2,1-13H3/t22-,23+,24+,26-,31?/m1/s1. The quantitative estimate of drug-likeness (QED) is 0.192. The minimum absolute atomic E-state index is 0.103. The molecule has 1 aromatic rings. The SMILES string of the molecule is Cc1cn([C@@H]2O[C@H](CO[Si](C)(C)C(C)(C)C)C3(OS(=O)(=O)C=C3N)[C@H]2O[Si](C)(C)C(C)(C)C)c(=O)n(CCOC(=O)[C@@H](N)C(C)C)c1=O. The van der Waals surface area contributed by atoms with Gasteiger partial charge >= 0.3 is 11.7 Å². The number of hydrogen-bond donors (Lipinski definition) is 2. The Morgan fingerprint density at radius 1 is 1.06 bits per heavy atom. The van der Waals surface area contributed by atoms with Crippen molar-refractivity contribution in [3.8, 4) is 0 Å². The van der Waals surface area contributed by atoms with Gasteiger partial charge in [0.15, 0.2) is 28.5 Å². The number of nitrogens with zero attached hydrogens (tertiary/aromatic N) is 2. The van der Waals surface area contributed by atoms with Gasteiger partial charge in [-0.25, -0.2) is 8.98 Å². The highest BCUT2D eigenvalue weighted by molar-refractivity contribution is 7.90. The fraction of sp³-hybridized carbons (Fsp3) is 0.774. The minimum atomic E-state index is -4.28. The Bertz CT molecular complexity index is 1640. The third-order valence-electron chi connectivity index (χ3n) is 10.3. The first kappa shape index (κ1) is 40.3. The van der Waals surface area contributed by atoms with Crippen LogP contribution in [-0.2, 0) is 44.0 Å². The largest absolute Gasteiger partial charge is 0.463 e. The van der Waals surface area contributed by atoms with Gasteiger partial charge in [-0.15, -0.1) is 0 Å². The molecule has 1 spiro atoms. The van der Waals surface area contributed by atoms with Crippen LogP contribution >= 0.6 is 0 Å². The summed E-state index contributed by atoms with van der Waals surface area (Å²) in [5.74, 6) is -0.820. The van der Waals surface area contributed by atoms with Crippen molar-refractivity contribution < 1.29 is 35.7 Å². The van der Waals surface area contributed by atoms with Crippen LogP contribution in [0, 0.1) is 12.8 Å². The molecule has 3 heterocycles. The second kappa shape index (κ2) is 13.5. The normalized spacial score (nSPS) is 25.5. The summed E-state index contributed by atoms with van der Waals surface area (Å²) in [6.45, 7) is 24.8. The van der Waals surface area contributed by atoms with Crippen LogP contribution in [0.15, 0.2) is 26.9 Å². The highest BCUT2D eigenvalue weighted by atomic mass is 32.2. The van der Waals surface area contributed by atoms with Gasteiger partial charge in [-0.3, -0.25) is 18.7 Å². The number of carbonyl (C=O) groups is 1. The minimum Gasteiger partial charge on any atom is -0.463 e. The van der Waals surface area contributed by atoms with Crippen molar-refractivity contribution in [2.75, 3.05) is 13.2 Å². The Labute approximate surface area is 286 Å². The zero-order valence-electron chi connectivity index (χ0n) is 30.7. The predicted molar refractivity (Wildman–Crippen MR) is 188 cm³/mol. The molecule has 0 aliphatic carbocycles. The van der Waals surface area contributed by atoms with Gasteiger partial charge in [0.05, 0.1) is 24.3 Å². The van der Waals surface area contributed by atoms with E-state index >= 15 is 0 Å². The molecule has 1 saturated heterocycles. The lowest BCUT2D eigenvalue weighted by Gasteiger charge is -2.43. The highest BCUT2D eigenvalue weighted by Gasteiger charge is 2.67. The molecule has 14 nitrogen and oxygen atoms in total. The molecule has 1 aromatic heterocycles. The third-order valence-corrected chi connectivity index (χ3v) is 20.3. The second-order valence-electron chi connectivity index (χ2n) is 16.2. The van der Waals surface area contributed by atoms with Crippen molar-refractivity contribution in [3.63, 3.8) is 0 Å². The van der Waals surface area contributed by atoms with E-state index in [0.717, 1.165) is 9.98 Å². The van der Waals surface area contributed by atoms with Crippen LogP contribution in [0.1, 0.15) is 67.2 Å². The molecule has 274 valence electrons. The third kappa shape index (κ3) is 7.77. The maximum atomic E-state index is 14.1. The van der Waals surface area contributed by atoms with E-state index in [9.17, 15) is 22.8 Å². The van der Waals surface area contributed by atoms with Crippen LogP contribution < -0.4 is 22.7 Å². The number of aromatic nitrogens is 2. The molecule has 0 radical (unpaired) electrons. The smallest absolute Gasteiger partial charge is 0.333 e. The van der Waals surface area contributed by atoms with Gasteiger partial charge in [0.1, 0.15) is 24.9 Å². The topological polar surface area (TPSA) is 193 Å². The monoisotopic (exact) mass is 732 g/mol. The zero-order chi connectivity index (χ0) is 37.0. The average Bonchev–Trinajstić information content (AvgIpc) is 3.35. The first-order chi connectivity index (χ1) is 21.6. The van der Waals surface area contributed by atoms with Gasteiger partial charge in [0, 0.05) is 11.8 Å². The number of rotatable bonds is 11. The molecule has 3 rings (SSSR count). The van der Waals surface area contributed by atoms with E-state index in [1.54, 1.807) is 13.8 Å². The van der Waals surface area contributed by atoms with Gasteiger partial charge in [-0.05, 0) is 49.1 Å². The number of nitrogens with two attached hydrogens (primary N) is 2. The fourth-order valence-corrected chi connectivity index (χ4v) is 8.46. The molecule has 2 aliphatic rings. The zero-order valence-corrected chi connectivity index (χ0v) is 33.5. The molecule has 1 unspecified atom stereocenters. The summed E-state index contributed by atoms with van der Waals surface area (Å²) in [6.07, 6.45) is -2.30. The molecule has 48 heavy (non-hydrogen) atoms. The maximum absolute atomic E-state index is 14.1. The van der Waals surface area contributed by atoms with Crippen molar-refractivity contribution in [1.29, 1.82) is 0 Å². The molecule has 17 heteroatoms. The Morgan fingerprint density at radius 3 is 2.10 bits per heavy atom. The van der Waals surface area contributed by atoms with Crippen LogP contribution in [0.25, 0.3) is 0 Å². The van der Waals surface area contributed by atoms with Crippen LogP contribution in [0.3, 0.4) is 0 Å². The molecule has 1 fully saturated rings. The van der Waals surface area contributed by atoms with E-state index in [0.29, 0.717) is 0 Å². The summed E-state index contributed by atoms with van der Waals surface area (Å²) in [4.78, 5) is 39.7. The second-order valence-corrected chi connectivity index (χ2v) is 27.2. The van der Waals surface area contributed by atoms with Gasteiger partial charge in [0.2, 0.25) is 0 Å². The van der Waals surface area contributed by atoms with Gasteiger partial charge in [0.25, 0.3) is 15.7 Å². The summed E-state index contributed by atoms with van der Waals surface area (Å²) in [5.41, 5.74) is 9.24. The van der Waals surface area contributed by atoms with E-state index in [1.807, 2.05) is 47.0 Å². The Balaban J connectivity index is 2.21. The van der Waals surface area contributed by atoms with Crippen molar-refractivity contribution >= 4 is 32.7 Å². The number of carbonyl (C=O) groups excluding carboxylic acids is 1. The summed E-state index contributed by atoms with van der Waals surface area (Å²) in [5, 5.41) is 0.307. The lowest BCUT2D eigenvalue weighted by molar-refractivity contribution is -0.146. The lowest BCUT2D eigenvalue weighted by Crippen LogP contribution is -2.59. The van der Waals surface area contributed by atoms with E-state index in [-0.39, 0.29) is 47.0 Å². The number of aryl methyl sites for hydroxylation is 1. The van der Waals surface area contributed by atoms with Crippen LogP contribution in [0.2, 0.25) is 36.3 Å². The van der Waals surface area contributed by atoms with E-state index in [1.165, 1.54) is 17.7 Å². The van der Waals surface area contributed by atoms with Crippen LogP contribution in [0.5, 0.6) is 0 Å². The maximum Gasteiger partial charge on any atom is 0.333 e. The molecule has 0 amide bonds. The van der Waals surface area contributed by atoms with Gasteiger partial charge in [-0.1, -0.05) is 55.4 Å². The molecule has 0 bridgehead atoms. The van der Waals surface area contributed by atoms with E-state index in [4.69, 9.17) is 34.0 Å². The van der Waals surface area contributed by atoms with Crippen molar-refractivity contribution in [3.05, 3.63) is 43.7 Å². The molecule has 2 aliphatic heterocycles. The average molecular weight is 733 g/mol. The van der Waals surface area contributed by atoms with Crippen LogP contribution in [0.4, 0.5) is 0 Å². The van der Waals surface area contributed by atoms with Crippen molar-refractivity contribution in [2.24, 2.45) is 17.4 Å². The summed E-state index contributed by atoms with van der Waals surface area (Å²) in [7, 11) is -9.46. The van der Waals surface area contributed by atoms with Crippen molar-refractivity contribution in [1.82, 2.24) is 9.13 Å². The van der Waals surface area contributed by atoms with Crippen molar-refractivity contribution in [2.45, 2.75) is 135 Å². The summed E-state index contributed by atoms with van der Waals surface area (Å²) < 4.78 is 59.5. The first-order valence-electron chi connectivity index (χ1n) is 16.2. The molecular weight excluding hydrogens is 677 g/mol. The summed E-state index contributed by atoms with van der Waals surface area (Å²) in [6, 6.07) is -0.862. The molecule has 0 saturated carbocycles. The Kier molecular flexibility index (Phi) is 11.4. The summed E-state index contributed by atoms with van der Waals surface area (Å²) >= 11 is 0. The van der Waals surface area contributed by atoms with Gasteiger partial charge < -0.3 is 29.8 Å². The molecule has 5 atom stereocenters. The Morgan fingerprint density at radius 2 is 1.62 bits per heavy atom.